The Hall–Kier alpha value is -0.840. The van der Waals surface area contributed by atoms with Crippen LogP contribution in [0.2, 0.25) is 0 Å². The number of ether oxygens (including phenoxy) is 1. The van der Waals surface area contributed by atoms with E-state index in [-0.39, 0.29) is 0 Å². The fourth-order valence-electron chi connectivity index (χ4n) is 1.25. The lowest BCUT2D eigenvalue weighted by Gasteiger charge is -2.14. The molecule has 0 bridgehead atoms. The first-order valence-corrected chi connectivity index (χ1v) is 6.01. The van der Waals surface area contributed by atoms with Crippen molar-refractivity contribution < 1.29 is 17.9 Å². The van der Waals surface area contributed by atoms with E-state index in [0.717, 1.165) is 18.6 Å². The average molecular weight is 264 g/mol. The van der Waals surface area contributed by atoms with Crippen LogP contribution in [0.3, 0.4) is 0 Å². The van der Waals surface area contributed by atoms with Gasteiger partial charge in [-0.1, -0.05) is 6.92 Å². The molecule has 96 valence electrons. The minimum absolute atomic E-state index is 0.320. The normalized spacial score (nSPS) is 13.5. The molecule has 0 amide bonds. The van der Waals surface area contributed by atoms with E-state index in [9.17, 15) is 13.2 Å². The van der Waals surface area contributed by atoms with E-state index in [0.29, 0.717) is 24.0 Å². The third-order valence-electron chi connectivity index (χ3n) is 2.50. The second-order valence-corrected chi connectivity index (χ2v) is 4.16. The second-order valence-electron chi connectivity index (χ2n) is 3.79. The Labute approximate surface area is 104 Å². The van der Waals surface area contributed by atoms with Crippen molar-refractivity contribution in [3.63, 3.8) is 0 Å². The highest BCUT2D eigenvalue weighted by molar-refractivity contribution is 7.80. The van der Waals surface area contributed by atoms with E-state index in [2.05, 4.69) is 12.6 Å². The van der Waals surface area contributed by atoms with Gasteiger partial charge in [0, 0.05) is 5.92 Å². The Balaban J connectivity index is 2.57. The summed E-state index contributed by atoms with van der Waals surface area (Å²) >= 11 is 4.17. The molecule has 1 aromatic rings. The summed E-state index contributed by atoms with van der Waals surface area (Å²) in [5, 5.41) is 0. The number of rotatable bonds is 5. The lowest BCUT2D eigenvalue weighted by molar-refractivity contribution is -0.137. The number of hydrogen-bond donors (Lipinski definition) is 1. The number of alkyl halides is 3. The van der Waals surface area contributed by atoms with Gasteiger partial charge in [-0.05, 0) is 36.4 Å². The third kappa shape index (κ3) is 4.50. The van der Waals surface area contributed by atoms with E-state index in [1.807, 2.05) is 6.92 Å². The first-order chi connectivity index (χ1) is 7.97. The zero-order valence-corrected chi connectivity index (χ0v) is 10.4. The quantitative estimate of drug-likeness (QED) is 0.790. The van der Waals surface area contributed by atoms with Gasteiger partial charge in [-0.15, -0.1) is 0 Å². The second kappa shape index (κ2) is 6.19. The summed E-state index contributed by atoms with van der Waals surface area (Å²) in [7, 11) is 0. The van der Waals surface area contributed by atoms with Gasteiger partial charge in [-0.25, -0.2) is 0 Å². The highest BCUT2D eigenvalue weighted by Gasteiger charge is 2.29. The van der Waals surface area contributed by atoms with E-state index in [1.165, 1.54) is 12.1 Å². The molecular weight excluding hydrogens is 249 g/mol. The molecule has 1 unspecified atom stereocenters. The van der Waals surface area contributed by atoms with Crippen molar-refractivity contribution in [1.29, 1.82) is 0 Å². The number of hydrogen-bond acceptors (Lipinski definition) is 2. The van der Waals surface area contributed by atoms with Crippen LogP contribution in [0.4, 0.5) is 13.2 Å². The van der Waals surface area contributed by atoms with Gasteiger partial charge in [0.05, 0.1) is 12.2 Å². The fraction of sp³-hybridized carbons (Fsp3) is 0.500. The lowest BCUT2D eigenvalue weighted by Crippen LogP contribution is -2.12. The van der Waals surface area contributed by atoms with Crippen LogP contribution >= 0.6 is 12.6 Å². The standard InChI is InChI=1S/C12H15F3OS/c1-2-9(8-17)7-16-11-5-3-10(4-6-11)12(13,14)15/h3-6,9,17H,2,7-8H2,1H3. The highest BCUT2D eigenvalue weighted by Crippen LogP contribution is 2.30. The number of benzene rings is 1. The SMILES string of the molecule is CCC(CS)COc1ccc(C(F)(F)F)cc1. The molecule has 0 saturated carbocycles. The molecule has 0 heterocycles. The summed E-state index contributed by atoms with van der Waals surface area (Å²) in [6.07, 6.45) is -3.36. The van der Waals surface area contributed by atoms with Crippen molar-refractivity contribution in [3.8, 4) is 5.75 Å². The van der Waals surface area contributed by atoms with Crippen LogP contribution in [0, 0.1) is 5.92 Å². The fourth-order valence-corrected chi connectivity index (χ4v) is 1.62. The van der Waals surface area contributed by atoms with Gasteiger partial charge < -0.3 is 4.74 Å². The predicted octanol–water partition coefficient (Wildman–Crippen LogP) is 4.04. The Morgan fingerprint density at radius 2 is 1.82 bits per heavy atom. The average Bonchev–Trinajstić information content (AvgIpc) is 2.30. The molecule has 0 saturated heterocycles. The van der Waals surface area contributed by atoms with Crippen LogP contribution in [-0.4, -0.2) is 12.4 Å². The zero-order chi connectivity index (χ0) is 12.9. The van der Waals surface area contributed by atoms with Crippen molar-refractivity contribution in [2.24, 2.45) is 5.92 Å². The molecule has 1 aromatic carbocycles. The molecule has 0 aliphatic rings. The molecule has 0 N–H and O–H groups in total. The third-order valence-corrected chi connectivity index (χ3v) is 3.02. The topological polar surface area (TPSA) is 9.23 Å². The molecule has 0 fully saturated rings. The summed E-state index contributed by atoms with van der Waals surface area (Å²) < 4.78 is 42.3. The molecule has 0 aliphatic heterocycles. The Morgan fingerprint density at radius 1 is 1.24 bits per heavy atom. The van der Waals surface area contributed by atoms with Crippen LogP contribution in [0.15, 0.2) is 24.3 Å². The van der Waals surface area contributed by atoms with Crippen LogP contribution in [0.5, 0.6) is 5.75 Å². The summed E-state index contributed by atoms with van der Waals surface area (Å²) in [4.78, 5) is 0. The van der Waals surface area contributed by atoms with E-state index in [1.54, 1.807) is 0 Å². The van der Waals surface area contributed by atoms with E-state index in [4.69, 9.17) is 4.74 Å². The van der Waals surface area contributed by atoms with Crippen LogP contribution in [0.1, 0.15) is 18.9 Å². The number of thiol groups is 1. The lowest BCUT2D eigenvalue weighted by atomic mass is 10.1. The predicted molar refractivity (Wildman–Crippen MR) is 64.6 cm³/mol. The maximum absolute atomic E-state index is 12.3. The van der Waals surface area contributed by atoms with Crippen LogP contribution < -0.4 is 4.74 Å². The zero-order valence-electron chi connectivity index (χ0n) is 9.50. The molecule has 1 atom stereocenters. The molecule has 5 heteroatoms. The molecule has 0 aliphatic carbocycles. The molecule has 0 spiro atoms. The monoisotopic (exact) mass is 264 g/mol. The molecule has 1 nitrogen and oxygen atoms in total. The first-order valence-electron chi connectivity index (χ1n) is 5.38. The minimum Gasteiger partial charge on any atom is -0.493 e. The molecular formula is C12H15F3OS. The van der Waals surface area contributed by atoms with Gasteiger partial charge in [0.1, 0.15) is 5.75 Å². The van der Waals surface area contributed by atoms with E-state index >= 15 is 0 Å². The van der Waals surface area contributed by atoms with Crippen LogP contribution in [0.25, 0.3) is 0 Å². The summed E-state index contributed by atoms with van der Waals surface area (Å²) in [6, 6.07) is 4.73. The Morgan fingerprint density at radius 3 is 2.24 bits per heavy atom. The van der Waals surface area contributed by atoms with Gasteiger partial charge >= 0.3 is 6.18 Å². The van der Waals surface area contributed by atoms with Gasteiger partial charge in [0.2, 0.25) is 0 Å². The highest BCUT2D eigenvalue weighted by atomic mass is 32.1. The van der Waals surface area contributed by atoms with Crippen molar-refractivity contribution in [2.75, 3.05) is 12.4 Å². The van der Waals surface area contributed by atoms with Gasteiger partial charge in [0.15, 0.2) is 0 Å². The maximum atomic E-state index is 12.3. The smallest absolute Gasteiger partial charge is 0.416 e. The van der Waals surface area contributed by atoms with E-state index < -0.39 is 11.7 Å². The van der Waals surface area contributed by atoms with Crippen LogP contribution in [-0.2, 0) is 6.18 Å². The van der Waals surface area contributed by atoms with Crippen molar-refractivity contribution in [2.45, 2.75) is 19.5 Å². The maximum Gasteiger partial charge on any atom is 0.416 e. The summed E-state index contributed by atoms with van der Waals surface area (Å²) in [6.45, 7) is 2.50. The van der Waals surface area contributed by atoms with Crippen molar-refractivity contribution in [3.05, 3.63) is 29.8 Å². The molecule has 1 rings (SSSR count). The minimum atomic E-state index is -4.30. The van der Waals surface area contributed by atoms with Gasteiger partial charge in [-0.2, -0.15) is 25.8 Å². The Kier molecular flexibility index (Phi) is 5.18. The van der Waals surface area contributed by atoms with Gasteiger partial charge in [0.25, 0.3) is 0 Å². The van der Waals surface area contributed by atoms with Gasteiger partial charge in [-0.3, -0.25) is 0 Å². The Bertz CT molecular complexity index is 331. The summed E-state index contributed by atoms with van der Waals surface area (Å²) in [5.41, 5.74) is -0.661. The first kappa shape index (κ1) is 14.2. The summed E-state index contributed by atoms with van der Waals surface area (Å²) in [5.74, 6) is 1.48. The van der Waals surface area contributed by atoms with Crippen molar-refractivity contribution in [1.82, 2.24) is 0 Å². The van der Waals surface area contributed by atoms with Crippen molar-refractivity contribution >= 4 is 12.6 Å². The molecule has 0 radical (unpaired) electrons. The molecule has 17 heavy (non-hydrogen) atoms. The molecule has 0 aromatic heterocycles. The largest absolute Gasteiger partial charge is 0.493 e. The number of halogens is 3.